The Morgan fingerprint density at radius 1 is 1.23 bits per heavy atom. The molecule has 1 rings (SSSR count). The molecule has 74 valence electrons. The van der Waals surface area contributed by atoms with Gasteiger partial charge in [-0.05, 0) is 39.0 Å². The number of hydrogen-bond donors (Lipinski definition) is 2. The van der Waals surface area contributed by atoms with E-state index in [1.54, 1.807) is 4.90 Å². The van der Waals surface area contributed by atoms with Gasteiger partial charge >= 0.3 is 0 Å². The van der Waals surface area contributed by atoms with E-state index in [1.165, 1.54) is 19.3 Å². The zero-order chi connectivity index (χ0) is 9.68. The Morgan fingerprint density at radius 3 is 2.38 bits per heavy atom. The monoisotopic (exact) mass is 182 g/mol. The number of likely N-dealkylation sites (tertiary alicyclic amines) is 1. The fraction of sp³-hybridized carbons (Fsp3) is 0.818. The first kappa shape index (κ1) is 10.6. The first-order valence-electron chi connectivity index (χ1n) is 5.18. The van der Waals surface area contributed by atoms with Gasteiger partial charge in [0.15, 0.2) is 0 Å². The van der Waals surface area contributed by atoms with Crippen LogP contribution in [0.4, 0.5) is 0 Å². The van der Waals surface area contributed by atoms with Crippen molar-refractivity contribution < 1.29 is 10.0 Å². The largest absolute Gasteiger partial charge is 0.384 e. The molecule has 0 aromatic carbocycles. The predicted octanol–water partition coefficient (Wildman–Crippen LogP) is -0.172. The number of quaternary nitrogens is 1. The Hall–Kier alpha value is -0.520. The molecule has 0 aromatic heterocycles. The maximum Gasteiger partial charge on any atom is 0.139 e. The van der Waals surface area contributed by atoms with Crippen LogP contribution in [0.2, 0.25) is 0 Å². The van der Waals surface area contributed by atoms with E-state index in [0.717, 1.165) is 18.6 Å². The van der Waals surface area contributed by atoms with Gasteiger partial charge in [-0.1, -0.05) is 5.92 Å². The van der Waals surface area contributed by atoms with Crippen LogP contribution in [0.5, 0.6) is 0 Å². The number of aliphatic hydroxyl groups is 1. The molecule has 1 fully saturated rings. The fourth-order valence-electron chi connectivity index (χ4n) is 2.16. The molecule has 0 saturated carbocycles. The molecule has 0 amide bonds. The van der Waals surface area contributed by atoms with E-state index >= 15 is 0 Å². The topological polar surface area (TPSA) is 24.7 Å². The van der Waals surface area contributed by atoms with E-state index in [0.29, 0.717) is 0 Å². The molecule has 0 unspecified atom stereocenters. The molecular formula is C11H20NO+. The van der Waals surface area contributed by atoms with Crippen LogP contribution < -0.4 is 4.90 Å². The highest BCUT2D eigenvalue weighted by atomic mass is 16.2. The lowest BCUT2D eigenvalue weighted by molar-refractivity contribution is -0.944. The van der Waals surface area contributed by atoms with Crippen molar-refractivity contribution in [1.82, 2.24) is 0 Å². The standard InChI is InChI=1S/C11H19NO/c1-10-6-5-7-11(2)12(10)8-3-4-9-13/h10-11,13H,5-9H2,1-2H3/p+1/t10-,11-/m1/s1. The molecule has 13 heavy (non-hydrogen) atoms. The van der Waals surface area contributed by atoms with Gasteiger partial charge in [-0.15, -0.1) is 0 Å². The van der Waals surface area contributed by atoms with Crippen LogP contribution in [0, 0.1) is 11.8 Å². The predicted molar refractivity (Wildman–Crippen MR) is 53.5 cm³/mol. The second-order valence-electron chi connectivity index (χ2n) is 4.00. The zero-order valence-electron chi connectivity index (χ0n) is 8.64. The van der Waals surface area contributed by atoms with Gasteiger partial charge < -0.3 is 10.0 Å². The van der Waals surface area contributed by atoms with Gasteiger partial charge in [0.2, 0.25) is 0 Å². The summed E-state index contributed by atoms with van der Waals surface area (Å²) in [4.78, 5) is 1.59. The molecule has 1 aliphatic rings. The SMILES string of the molecule is C[C@@H]1CCC[C@@H](C)[NH+]1CC#CCO. The lowest BCUT2D eigenvalue weighted by Crippen LogP contribution is -3.19. The van der Waals surface area contributed by atoms with Crippen molar-refractivity contribution in [1.29, 1.82) is 0 Å². The summed E-state index contributed by atoms with van der Waals surface area (Å²) >= 11 is 0. The van der Waals surface area contributed by atoms with E-state index < -0.39 is 0 Å². The minimum absolute atomic E-state index is 0.00393. The maximum absolute atomic E-state index is 8.54. The van der Waals surface area contributed by atoms with Gasteiger partial charge in [-0.25, -0.2) is 0 Å². The van der Waals surface area contributed by atoms with Crippen molar-refractivity contribution in [2.45, 2.75) is 45.2 Å². The summed E-state index contributed by atoms with van der Waals surface area (Å²) in [5.41, 5.74) is 0. The summed E-state index contributed by atoms with van der Waals surface area (Å²) in [5.74, 6) is 5.75. The zero-order valence-corrected chi connectivity index (χ0v) is 8.64. The second-order valence-corrected chi connectivity index (χ2v) is 4.00. The molecule has 0 spiro atoms. The number of rotatable bonds is 1. The van der Waals surface area contributed by atoms with Crippen LogP contribution in [0.3, 0.4) is 0 Å². The summed E-state index contributed by atoms with van der Waals surface area (Å²) in [6.07, 6.45) is 4.00. The number of hydrogen-bond acceptors (Lipinski definition) is 1. The van der Waals surface area contributed by atoms with Crippen LogP contribution in [0.1, 0.15) is 33.1 Å². The highest BCUT2D eigenvalue weighted by Gasteiger charge is 2.27. The Kier molecular flexibility index (Phi) is 4.27. The van der Waals surface area contributed by atoms with Crippen molar-refractivity contribution >= 4 is 0 Å². The van der Waals surface area contributed by atoms with Crippen LogP contribution in [-0.2, 0) is 0 Å². The van der Waals surface area contributed by atoms with Gasteiger partial charge in [0.1, 0.15) is 13.2 Å². The van der Waals surface area contributed by atoms with Crippen LogP contribution >= 0.6 is 0 Å². The van der Waals surface area contributed by atoms with Crippen molar-refractivity contribution in [2.75, 3.05) is 13.2 Å². The Bertz CT molecular complexity index is 194. The summed E-state index contributed by atoms with van der Waals surface area (Å²) in [6.45, 7) is 5.48. The Morgan fingerprint density at radius 2 is 1.85 bits per heavy atom. The van der Waals surface area contributed by atoms with E-state index in [2.05, 4.69) is 25.7 Å². The molecule has 1 saturated heterocycles. The minimum Gasteiger partial charge on any atom is -0.384 e. The van der Waals surface area contributed by atoms with E-state index in [-0.39, 0.29) is 6.61 Å². The van der Waals surface area contributed by atoms with Gasteiger partial charge in [-0.2, -0.15) is 0 Å². The summed E-state index contributed by atoms with van der Waals surface area (Å²) in [6, 6.07) is 1.47. The number of aliphatic hydroxyl groups excluding tert-OH is 1. The van der Waals surface area contributed by atoms with Crippen molar-refractivity contribution in [3.63, 3.8) is 0 Å². The molecule has 1 aliphatic heterocycles. The third kappa shape index (κ3) is 3.02. The molecule has 1 heterocycles. The molecule has 2 atom stereocenters. The van der Waals surface area contributed by atoms with E-state index in [9.17, 15) is 0 Å². The lowest BCUT2D eigenvalue weighted by Gasteiger charge is -2.34. The third-order valence-electron chi connectivity index (χ3n) is 3.04. The first-order valence-corrected chi connectivity index (χ1v) is 5.18. The first-order chi connectivity index (χ1) is 6.25. The van der Waals surface area contributed by atoms with Gasteiger partial charge in [0, 0.05) is 0 Å². The van der Waals surface area contributed by atoms with E-state index in [1.807, 2.05) is 0 Å². The highest BCUT2D eigenvalue weighted by Crippen LogP contribution is 2.06. The average molecular weight is 182 g/mol. The van der Waals surface area contributed by atoms with Crippen molar-refractivity contribution in [3.8, 4) is 11.8 Å². The van der Waals surface area contributed by atoms with Crippen LogP contribution in [-0.4, -0.2) is 30.3 Å². The maximum atomic E-state index is 8.54. The smallest absolute Gasteiger partial charge is 0.139 e. The molecule has 0 radical (unpaired) electrons. The van der Waals surface area contributed by atoms with Crippen molar-refractivity contribution in [3.05, 3.63) is 0 Å². The van der Waals surface area contributed by atoms with Gasteiger partial charge in [0.25, 0.3) is 0 Å². The average Bonchev–Trinajstić information content (AvgIpc) is 2.10. The van der Waals surface area contributed by atoms with Gasteiger partial charge in [0.05, 0.1) is 12.1 Å². The summed E-state index contributed by atoms with van der Waals surface area (Å²) in [5, 5.41) is 8.54. The van der Waals surface area contributed by atoms with Crippen molar-refractivity contribution in [2.24, 2.45) is 0 Å². The fourth-order valence-corrected chi connectivity index (χ4v) is 2.16. The molecule has 2 nitrogen and oxygen atoms in total. The molecule has 0 bridgehead atoms. The highest BCUT2D eigenvalue weighted by molar-refractivity contribution is 4.98. The summed E-state index contributed by atoms with van der Waals surface area (Å²) < 4.78 is 0. The van der Waals surface area contributed by atoms with Gasteiger partial charge in [-0.3, -0.25) is 0 Å². The Labute approximate surface area is 80.9 Å². The molecule has 2 N–H and O–H groups in total. The summed E-state index contributed by atoms with van der Waals surface area (Å²) in [7, 11) is 0. The quantitative estimate of drug-likeness (QED) is 0.541. The molecule has 2 heteroatoms. The number of piperidine rings is 1. The second kappa shape index (κ2) is 5.26. The molecule has 0 aromatic rings. The lowest BCUT2D eigenvalue weighted by atomic mass is 9.98. The normalized spacial score (nSPS) is 29.5. The minimum atomic E-state index is -0.00393. The Balaban J connectivity index is 2.44. The number of nitrogens with one attached hydrogen (secondary N) is 1. The third-order valence-corrected chi connectivity index (χ3v) is 3.04. The van der Waals surface area contributed by atoms with E-state index in [4.69, 9.17) is 5.11 Å². The molecular weight excluding hydrogens is 162 g/mol. The van der Waals surface area contributed by atoms with Crippen LogP contribution in [0.15, 0.2) is 0 Å². The van der Waals surface area contributed by atoms with Crippen LogP contribution in [0.25, 0.3) is 0 Å². The molecule has 0 aliphatic carbocycles.